The Bertz CT molecular complexity index is 1180. The molecule has 1 aromatic heterocycles. The highest BCUT2D eigenvalue weighted by Gasteiger charge is 2.47. The number of fused-ring (bicyclic) bond motifs is 1. The first kappa shape index (κ1) is 19.2. The molecule has 2 atom stereocenters. The number of carbonyl (C=O) groups excluding carboxylic acids is 2. The summed E-state index contributed by atoms with van der Waals surface area (Å²) < 4.78 is 11.3. The van der Waals surface area contributed by atoms with Gasteiger partial charge in [0.25, 0.3) is 11.7 Å². The van der Waals surface area contributed by atoms with Crippen molar-refractivity contribution in [1.82, 2.24) is 4.90 Å². The SMILES string of the molecule is C[C@H]1Cc2cc(C(O)=C3C(=O)C(=O)N(Cc4ccccc4)[C@@H]3c3ccco3)ccc2O1. The van der Waals surface area contributed by atoms with Crippen LogP contribution in [0, 0.1) is 0 Å². The second-order valence-electron chi connectivity index (χ2n) is 7.88. The summed E-state index contributed by atoms with van der Waals surface area (Å²) in [4.78, 5) is 27.4. The molecule has 0 bridgehead atoms. The van der Waals surface area contributed by atoms with Crippen molar-refractivity contribution in [3.8, 4) is 5.75 Å². The Labute approximate surface area is 179 Å². The first-order valence-electron chi connectivity index (χ1n) is 10.2. The van der Waals surface area contributed by atoms with E-state index in [0.29, 0.717) is 11.3 Å². The van der Waals surface area contributed by atoms with Crippen molar-refractivity contribution in [2.24, 2.45) is 0 Å². The molecule has 0 saturated carbocycles. The second-order valence-corrected chi connectivity index (χ2v) is 7.88. The van der Waals surface area contributed by atoms with Gasteiger partial charge in [-0.05, 0) is 48.4 Å². The quantitative estimate of drug-likeness (QED) is 0.392. The highest BCUT2D eigenvalue weighted by Crippen LogP contribution is 2.41. The van der Waals surface area contributed by atoms with E-state index >= 15 is 0 Å². The Balaban J connectivity index is 1.60. The molecule has 156 valence electrons. The highest BCUT2D eigenvalue weighted by atomic mass is 16.5. The third-order valence-electron chi connectivity index (χ3n) is 5.72. The van der Waals surface area contributed by atoms with Gasteiger partial charge in [0.1, 0.15) is 29.4 Å². The molecule has 2 aromatic carbocycles. The van der Waals surface area contributed by atoms with Crippen LogP contribution in [0.3, 0.4) is 0 Å². The molecule has 0 spiro atoms. The minimum Gasteiger partial charge on any atom is -0.507 e. The average molecular weight is 415 g/mol. The molecule has 2 aliphatic rings. The molecule has 2 aliphatic heterocycles. The van der Waals surface area contributed by atoms with E-state index in [1.165, 1.54) is 11.2 Å². The predicted octanol–water partition coefficient (Wildman–Crippen LogP) is 4.22. The predicted molar refractivity (Wildman–Crippen MR) is 113 cm³/mol. The van der Waals surface area contributed by atoms with Gasteiger partial charge < -0.3 is 19.2 Å². The molecule has 1 saturated heterocycles. The maximum atomic E-state index is 13.0. The molecule has 1 amide bonds. The summed E-state index contributed by atoms with van der Waals surface area (Å²) in [6, 6.07) is 17.3. The molecule has 0 aliphatic carbocycles. The van der Waals surface area contributed by atoms with Gasteiger partial charge in [0.05, 0.1) is 11.8 Å². The molecule has 0 unspecified atom stereocenters. The molecule has 1 fully saturated rings. The number of likely N-dealkylation sites (tertiary alicyclic amines) is 1. The number of Topliss-reactive ketones (excluding diaryl/α,β-unsaturated/α-hetero) is 1. The van der Waals surface area contributed by atoms with Gasteiger partial charge in [-0.15, -0.1) is 0 Å². The van der Waals surface area contributed by atoms with Crippen LogP contribution in [0.15, 0.2) is 76.9 Å². The number of carbonyl (C=O) groups is 2. The maximum absolute atomic E-state index is 13.0. The maximum Gasteiger partial charge on any atom is 0.296 e. The van der Waals surface area contributed by atoms with Gasteiger partial charge in [0.2, 0.25) is 0 Å². The Morgan fingerprint density at radius 3 is 2.65 bits per heavy atom. The zero-order valence-electron chi connectivity index (χ0n) is 16.9. The number of benzene rings is 2. The van der Waals surface area contributed by atoms with Crippen molar-refractivity contribution in [1.29, 1.82) is 0 Å². The number of ether oxygens (including phenoxy) is 1. The van der Waals surface area contributed by atoms with E-state index in [0.717, 1.165) is 23.3 Å². The zero-order valence-corrected chi connectivity index (χ0v) is 16.9. The Kier molecular flexibility index (Phi) is 4.62. The van der Waals surface area contributed by atoms with Crippen LogP contribution in [0.25, 0.3) is 5.76 Å². The molecule has 0 radical (unpaired) electrons. The number of rotatable bonds is 4. The van der Waals surface area contributed by atoms with Crippen LogP contribution in [0.2, 0.25) is 0 Å². The van der Waals surface area contributed by atoms with Crippen molar-refractivity contribution in [2.45, 2.75) is 32.0 Å². The summed E-state index contributed by atoms with van der Waals surface area (Å²) >= 11 is 0. The molecule has 6 nitrogen and oxygen atoms in total. The second kappa shape index (κ2) is 7.47. The van der Waals surface area contributed by atoms with Crippen molar-refractivity contribution >= 4 is 17.4 Å². The van der Waals surface area contributed by atoms with E-state index < -0.39 is 17.7 Å². The number of hydrogen-bond donors (Lipinski definition) is 1. The molecule has 5 rings (SSSR count). The topological polar surface area (TPSA) is 80.0 Å². The number of furan rings is 1. The Hall–Kier alpha value is -3.80. The molecule has 3 aromatic rings. The summed E-state index contributed by atoms with van der Waals surface area (Å²) in [6.45, 7) is 2.20. The van der Waals surface area contributed by atoms with Gasteiger partial charge in [-0.2, -0.15) is 0 Å². The summed E-state index contributed by atoms with van der Waals surface area (Å²) in [5, 5.41) is 11.2. The third-order valence-corrected chi connectivity index (χ3v) is 5.72. The molecule has 1 N–H and O–H groups in total. The minimum absolute atomic E-state index is 0.0304. The summed E-state index contributed by atoms with van der Waals surface area (Å²) in [5.41, 5.74) is 2.35. The number of aliphatic hydroxyl groups is 1. The molecule has 31 heavy (non-hydrogen) atoms. The largest absolute Gasteiger partial charge is 0.507 e. The van der Waals surface area contributed by atoms with Gasteiger partial charge in [0.15, 0.2) is 0 Å². The zero-order chi connectivity index (χ0) is 21.5. The van der Waals surface area contributed by atoms with Crippen LogP contribution in [-0.2, 0) is 22.6 Å². The lowest BCUT2D eigenvalue weighted by molar-refractivity contribution is -0.140. The van der Waals surface area contributed by atoms with E-state index in [2.05, 4.69) is 0 Å². The smallest absolute Gasteiger partial charge is 0.296 e. The van der Waals surface area contributed by atoms with Crippen LogP contribution in [0.4, 0.5) is 0 Å². The van der Waals surface area contributed by atoms with E-state index in [9.17, 15) is 14.7 Å². The van der Waals surface area contributed by atoms with Gasteiger partial charge in [-0.25, -0.2) is 0 Å². The average Bonchev–Trinajstić information content (AvgIpc) is 3.48. The number of amides is 1. The van der Waals surface area contributed by atoms with E-state index in [1.54, 1.807) is 24.3 Å². The number of hydrogen-bond acceptors (Lipinski definition) is 5. The van der Waals surface area contributed by atoms with Gasteiger partial charge >= 0.3 is 0 Å². The first-order valence-corrected chi connectivity index (χ1v) is 10.2. The molecule has 3 heterocycles. The summed E-state index contributed by atoms with van der Waals surface area (Å²) in [6.07, 6.45) is 2.28. The van der Waals surface area contributed by atoms with E-state index in [1.807, 2.05) is 43.3 Å². The molecule has 6 heteroatoms. The lowest BCUT2D eigenvalue weighted by Crippen LogP contribution is -2.29. The number of aliphatic hydroxyl groups excluding tert-OH is 1. The monoisotopic (exact) mass is 415 g/mol. The van der Waals surface area contributed by atoms with Crippen LogP contribution >= 0.6 is 0 Å². The number of ketones is 1. The van der Waals surface area contributed by atoms with Crippen molar-refractivity contribution in [3.05, 3.63) is 95.0 Å². The Morgan fingerprint density at radius 2 is 1.90 bits per heavy atom. The van der Waals surface area contributed by atoms with Gasteiger partial charge in [-0.3, -0.25) is 9.59 Å². The summed E-state index contributed by atoms with van der Waals surface area (Å²) in [7, 11) is 0. The number of nitrogens with zero attached hydrogens (tertiary/aromatic N) is 1. The lowest BCUT2D eigenvalue weighted by Gasteiger charge is -2.23. The highest BCUT2D eigenvalue weighted by molar-refractivity contribution is 6.46. The molecular weight excluding hydrogens is 394 g/mol. The third kappa shape index (κ3) is 3.30. The fourth-order valence-corrected chi connectivity index (χ4v) is 4.29. The summed E-state index contributed by atoms with van der Waals surface area (Å²) in [5.74, 6) is -0.395. The van der Waals surface area contributed by atoms with E-state index in [4.69, 9.17) is 9.15 Å². The van der Waals surface area contributed by atoms with Gasteiger partial charge in [-0.1, -0.05) is 30.3 Å². The van der Waals surface area contributed by atoms with Gasteiger partial charge in [0, 0.05) is 18.5 Å². The minimum atomic E-state index is -0.807. The lowest BCUT2D eigenvalue weighted by atomic mass is 9.97. The van der Waals surface area contributed by atoms with Crippen LogP contribution in [0.5, 0.6) is 5.75 Å². The van der Waals surface area contributed by atoms with Crippen molar-refractivity contribution in [3.63, 3.8) is 0 Å². The normalized spacial score (nSPS) is 21.9. The Morgan fingerprint density at radius 1 is 1.10 bits per heavy atom. The molecular formula is C25H21NO5. The fraction of sp³-hybridized carbons (Fsp3) is 0.200. The van der Waals surface area contributed by atoms with Crippen molar-refractivity contribution < 1.29 is 23.8 Å². The van der Waals surface area contributed by atoms with E-state index in [-0.39, 0.29) is 24.0 Å². The van der Waals surface area contributed by atoms with Crippen LogP contribution in [-0.4, -0.2) is 27.8 Å². The first-order chi connectivity index (χ1) is 15.0. The van der Waals surface area contributed by atoms with Crippen molar-refractivity contribution in [2.75, 3.05) is 0 Å². The standard InChI is InChI=1S/C25H21NO5/c1-15-12-18-13-17(9-10-19(18)31-15)23(27)21-22(20-8-5-11-30-20)26(25(29)24(21)28)14-16-6-3-2-4-7-16/h2-11,13,15,22,27H,12,14H2,1H3/t15-,22+/m0/s1. The van der Waals surface area contributed by atoms with Crippen LogP contribution in [0.1, 0.15) is 35.4 Å². The van der Waals surface area contributed by atoms with Crippen LogP contribution < -0.4 is 4.74 Å². The fourth-order valence-electron chi connectivity index (χ4n) is 4.29.